The zero-order valence-electron chi connectivity index (χ0n) is 19.9. The number of aliphatic hydroxyl groups excluding tert-OH is 2. The Morgan fingerprint density at radius 1 is 0.933 bits per heavy atom. The Labute approximate surface area is 186 Å². The highest BCUT2D eigenvalue weighted by atomic mass is 16.3. The van der Waals surface area contributed by atoms with Gasteiger partial charge in [-0.05, 0) is 44.6 Å². The molecule has 0 heterocycles. The minimum Gasteiger partial charge on any atom is -0.393 e. The van der Waals surface area contributed by atoms with E-state index in [-0.39, 0.29) is 18.1 Å². The van der Waals surface area contributed by atoms with Gasteiger partial charge < -0.3 is 15.5 Å². The molecule has 3 atom stereocenters. The Balaban J connectivity index is 1.84. The van der Waals surface area contributed by atoms with E-state index < -0.39 is 0 Å². The van der Waals surface area contributed by atoms with Crippen molar-refractivity contribution in [3.63, 3.8) is 0 Å². The Morgan fingerprint density at radius 2 is 1.57 bits per heavy atom. The number of carbonyl (C=O) groups is 1. The number of aliphatic hydroxyl groups is 2. The van der Waals surface area contributed by atoms with Gasteiger partial charge >= 0.3 is 0 Å². The predicted molar refractivity (Wildman–Crippen MR) is 127 cm³/mol. The SMILES string of the molecule is CCCCCCCCNCC(O)CCCCCCCCCC1CC(=O)CCCC1O. The number of hydrogen-bond donors (Lipinski definition) is 3. The first-order valence-corrected chi connectivity index (χ1v) is 13.2. The molecule has 1 aliphatic rings. The Kier molecular flexibility index (Phi) is 17.7. The number of hydrogen-bond acceptors (Lipinski definition) is 4. The molecule has 0 saturated heterocycles. The molecule has 178 valence electrons. The van der Waals surface area contributed by atoms with E-state index in [1.54, 1.807) is 0 Å². The van der Waals surface area contributed by atoms with Crippen molar-refractivity contribution in [3.05, 3.63) is 0 Å². The second kappa shape index (κ2) is 19.3. The molecule has 1 rings (SSSR count). The summed E-state index contributed by atoms with van der Waals surface area (Å²) in [5.74, 6) is 0.549. The van der Waals surface area contributed by atoms with Gasteiger partial charge in [-0.25, -0.2) is 0 Å². The van der Waals surface area contributed by atoms with Crippen LogP contribution in [0.5, 0.6) is 0 Å². The number of carbonyl (C=O) groups excluding carboxylic acids is 1. The van der Waals surface area contributed by atoms with Crippen LogP contribution in [-0.2, 0) is 4.79 Å². The van der Waals surface area contributed by atoms with Crippen molar-refractivity contribution in [1.82, 2.24) is 5.32 Å². The van der Waals surface area contributed by atoms with E-state index in [0.29, 0.717) is 18.6 Å². The van der Waals surface area contributed by atoms with Crippen LogP contribution in [0.2, 0.25) is 0 Å². The fourth-order valence-electron chi connectivity index (χ4n) is 4.64. The summed E-state index contributed by atoms with van der Waals surface area (Å²) >= 11 is 0. The third kappa shape index (κ3) is 15.4. The van der Waals surface area contributed by atoms with Gasteiger partial charge in [0, 0.05) is 19.4 Å². The molecule has 0 aliphatic heterocycles. The lowest BCUT2D eigenvalue weighted by Crippen LogP contribution is -2.27. The first-order chi connectivity index (χ1) is 14.6. The van der Waals surface area contributed by atoms with E-state index in [4.69, 9.17) is 0 Å². The topological polar surface area (TPSA) is 69.6 Å². The first-order valence-electron chi connectivity index (χ1n) is 13.2. The molecule has 1 aliphatic carbocycles. The fourth-order valence-corrected chi connectivity index (χ4v) is 4.64. The molecule has 0 aromatic rings. The summed E-state index contributed by atoms with van der Waals surface area (Å²) in [6, 6.07) is 0. The van der Waals surface area contributed by atoms with Crippen LogP contribution in [0.25, 0.3) is 0 Å². The van der Waals surface area contributed by atoms with Gasteiger partial charge in [0.25, 0.3) is 0 Å². The summed E-state index contributed by atoms with van der Waals surface area (Å²) in [4.78, 5) is 11.7. The highest BCUT2D eigenvalue weighted by molar-refractivity contribution is 5.78. The predicted octanol–water partition coefficient (Wildman–Crippen LogP) is 5.93. The molecule has 0 amide bonds. The summed E-state index contributed by atoms with van der Waals surface area (Å²) in [5, 5.41) is 23.6. The van der Waals surface area contributed by atoms with Crippen molar-refractivity contribution in [2.45, 2.75) is 141 Å². The average molecular weight is 426 g/mol. The van der Waals surface area contributed by atoms with Gasteiger partial charge in [-0.2, -0.15) is 0 Å². The fraction of sp³-hybridized carbons (Fsp3) is 0.962. The number of nitrogens with one attached hydrogen (secondary N) is 1. The highest BCUT2D eigenvalue weighted by Gasteiger charge is 2.24. The largest absolute Gasteiger partial charge is 0.393 e. The number of unbranched alkanes of at least 4 members (excludes halogenated alkanes) is 11. The van der Waals surface area contributed by atoms with Crippen molar-refractivity contribution >= 4 is 5.78 Å². The summed E-state index contributed by atoms with van der Waals surface area (Å²) < 4.78 is 0. The number of ketones is 1. The lowest BCUT2D eigenvalue weighted by molar-refractivity contribution is -0.120. The zero-order valence-corrected chi connectivity index (χ0v) is 19.9. The van der Waals surface area contributed by atoms with Gasteiger partial charge in [-0.1, -0.05) is 84.0 Å². The Morgan fingerprint density at radius 3 is 2.30 bits per heavy atom. The first kappa shape index (κ1) is 27.6. The zero-order chi connectivity index (χ0) is 21.9. The van der Waals surface area contributed by atoms with Gasteiger partial charge in [-0.3, -0.25) is 4.79 Å². The lowest BCUT2D eigenvalue weighted by atomic mass is 9.91. The Bertz CT molecular complexity index is 402. The molecule has 4 heteroatoms. The van der Waals surface area contributed by atoms with Gasteiger partial charge in [0.2, 0.25) is 0 Å². The molecular weight excluding hydrogens is 374 g/mol. The minimum absolute atomic E-state index is 0.196. The Hall–Kier alpha value is -0.450. The molecule has 1 fully saturated rings. The quantitative estimate of drug-likeness (QED) is 0.177. The number of rotatable bonds is 19. The van der Waals surface area contributed by atoms with Crippen LogP contribution in [0.1, 0.15) is 129 Å². The molecule has 0 aromatic heterocycles. The van der Waals surface area contributed by atoms with Crippen molar-refractivity contribution < 1.29 is 15.0 Å². The molecule has 0 radical (unpaired) electrons. The van der Waals surface area contributed by atoms with E-state index in [0.717, 1.165) is 51.6 Å². The standard InChI is InChI=1S/C26H51NO3/c1-2-3-4-5-11-14-20-27-22-25(29)17-13-10-8-6-7-9-12-16-23-21-24(28)18-15-19-26(23)30/h23,25-27,29-30H,2-22H2,1H3. The monoisotopic (exact) mass is 425 g/mol. The van der Waals surface area contributed by atoms with Gasteiger partial charge in [-0.15, -0.1) is 0 Å². The van der Waals surface area contributed by atoms with Crippen LogP contribution in [0.15, 0.2) is 0 Å². The van der Waals surface area contributed by atoms with Crippen molar-refractivity contribution in [3.8, 4) is 0 Å². The maximum atomic E-state index is 11.7. The van der Waals surface area contributed by atoms with Crippen LogP contribution in [0.3, 0.4) is 0 Å². The third-order valence-corrected chi connectivity index (χ3v) is 6.69. The minimum atomic E-state index is -0.261. The molecule has 4 nitrogen and oxygen atoms in total. The second-order valence-electron chi connectivity index (χ2n) is 9.64. The smallest absolute Gasteiger partial charge is 0.133 e. The molecule has 0 bridgehead atoms. The van der Waals surface area contributed by atoms with E-state index >= 15 is 0 Å². The molecule has 3 N–H and O–H groups in total. The maximum absolute atomic E-state index is 11.7. The van der Waals surface area contributed by atoms with Gasteiger partial charge in [0.1, 0.15) is 5.78 Å². The lowest BCUT2D eigenvalue weighted by Gasteiger charge is -2.19. The normalized spacial score (nSPS) is 21.0. The van der Waals surface area contributed by atoms with Crippen LogP contribution in [0.4, 0.5) is 0 Å². The van der Waals surface area contributed by atoms with E-state index in [9.17, 15) is 15.0 Å². The summed E-state index contributed by atoms with van der Waals surface area (Å²) in [6.07, 6.45) is 20.7. The average Bonchev–Trinajstić information content (AvgIpc) is 2.89. The third-order valence-electron chi connectivity index (χ3n) is 6.69. The molecule has 30 heavy (non-hydrogen) atoms. The maximum Gasteiger partial charge on any atom is 0.133 e. The van der Waals surface area contributed by atoms with Crippen LogP contribution < -0.4 is 5.32 Å². The van der Waals surface area contributed by atoms with Crippen LogP contribution in [-0.4, -0.2) is 41.3 Å². The second-order valence-corrected chi connectivity index (χ2v) is 9.64. The van der Waals surface area contributed by atoms with E-state index in [1.165, 1.54) is 70.6 Å². The van der Waals surface area contributed by atoms with Gasteiger partial charge in [0.05, 0.1) is 12.2 Å². The summed E-state index contributed by atoms with van der Waals surface area (Å²) in [7, 11) is 0. The van der Waals surface area contributed by atoms with Crippen LogP contribution >= 0.6 is 0 Å². The molecule has 0 aromatic carbocycles. The van der Waals surface area contributed by atoms with E-state index in [1.807, 2.05) is 0 Å². The van der Waals surface area contributed by atoms with Crippen LogP contribution in [0, 0.1) is 5.92 Å². The summed E-state index contributed by atoms with van der Waals surface area (Å²) in [6.45, 7) is 4.03. The van der Waals surface area contributed by atoms with Crippen molar-refractivity contribution in [2.24, 2.45) is 5.92 Å². The van der Waals surface area contributed by atoms with E-state index in [2.05, 4.69) is 12.2 Å². The number of Topliss-reactive ketones (excluding diaryl/α,β-unsaturated/α-hetero) is 1. The molecular formula is C26H51NO3. The summed E-state index contributed by atoms with van der Waals surface area (Å²) in [5.41, 5.74) is 0. The van der Waals surface area contributed by atoms with Crippen molar-refractivity contribution in [2.75, 3.05) is 13.1 Å². The molecule has 1 saturated carbocycles. The molecule has 3 unspecified atom stereocenters. The van der Waals surface area contributed by atoms with Crippen molar-refractivity contribution in [1.29, 1.82) is 0 Å². The highest BCUT2D eigenvalue weighted by Crippen LogP contribution is 2.26. The molecule has 0 spiro atoms. The van der Waals surface area contributed by atoms with Gasteiger partial charge in [0.15, 0.2) is 0 Å².